The Kier molecular flexibility index (Phi) is 4.53. The second-order valence-electron chi connectivity index (χ2n) is 5.55. The first-order chi connectivity index (χ1) is 10.8. The molecule has 2 heterocycles. The van der Waals surface area contributed by atoms with Gasteiger partial charge in [0.1, 0.15) is 5.75 Å². The molecule has 22 heavy (non-hydrogen) atoms. The van der Waals surface area contributed by atoms with Crippen LogP contribution in [-0.4, -0.2) is 36.8 Å². The number of nitrogens with zero attached hydrogens (tertiary/aromatic N) is 2. The van der Waals surface area contributed by atoms with Crippen LogP contribution in [0.15, 0.2) is 42.7 Å². The van der Waals surface area contributed by atoms with Crippen molar-refractivity contribution < 1.29 is 9.47 Å². The van der Waals surface area contributed by atoms with Gasteiger partial charge in [0.25, 0.3) is 0 Å². The van der Waals surface area contributed by atoms with Crippen molar-refractivity contribution in [3.8, 4) is 5.75 Å². The topological polar surface area (TPSA) is 56.3 Å². The summed E-state index contributed by atoms with van der Waals surface area (Å²) in [6.07, 6.45) is 5.47. The van der Waals surface area contributed by atoms with Crippen LogP contribution >= 0.6 is 0 Å². The Morgan fingerprint density at radius 3 is 2.45 bits per heavy atom. The van der Waals surface area contributed by atoms with Crippen LogP contribution < -0.4 is 10.1 Å². The molecule has 1 fully saturated rings. The lowest BCUT2D eigenvalue weighted by Gasteiger charge is -2.38. The van der Waals surface area contributed by atoms with Gasteiger partial charge in [-0.15, -0.1) is 0 Å². The van der Waals surface area contributed by atoms with Gasteiger partial charge in [-0.2, -0.15) is 0 Å². The summed E-state index contributed by atoms with van der Waals surface area (Å²) < 4.78 is 10.8. The summed E-state index contributed by atoms with van der Waals surface area (Å²) in [7, 11) is 1.69. The highest BCUT2D eigenvalue weighted by Crippen LogP contribution is 2.35. The first kappa shape index (κ1) is 14.8. The molecule has 0 amide bonds. The van der Waals surface area contributed by atoms with Crippen LogP contribution in [0.4, 0.5) is 5.95 Å². The predicted octanol–water partition coefficient (Wildman–Crippen LogP) is 2.65. The molecule has 0 atom stereocenters. The summed E-state index contributed by atoms with van der Waals surface area (Å²) in [6, 6.07) is 10.2. The van der Waals surface area contributed by atoms with Gasteiger partial charge in [-0.3, -0.25) is 0 Å². The van der Waals surface area contributed by atoms with E-state index in [1.165, 1.54) is 5.56 Å². The zero-order chi connectivity index (χ0) is 15.3. The van der Waals surface area contributed by atoms with E-state index in [1.54, 1.807) is 19.5 Å². The molecular formula is C17H21N3O2. The molecule has 3 rings (SSSR count). The third kappa shape index (κ3) is 3.20. The number of nitrogens with one attached hydrogen (secondary N) is 1. The first-order valence-corrected chi connectivity index (χ1v) is 7.56. The van der Waals surface area contributed by atoms with Crippen molar-refractivity contribution in [1.29, 1.82) is 0 Å². The van der Waals surface area contributed by atoms with Crippen LogP contribution in [0.5, 0.6) is 5.75 Å². The molecule has 2 aromatic rings. The molecule has 0 bridgehead atoms. The minimum atomic E-state index is 0.0454. The highest BCUT2D eigenvalue weighted by atomic mass is 16.5. The fraction of sp³-hybridized carbons (Fsp3) is 0.412. The van der Waals surface area contributed by atoms with Crippen molar-refractivity contribution >= 4 is 5.95 Å². The fourth-order valence-corrected chi connectivity index (χ4v) is 2.91. The maximum Gasteiger partial charge on any atom is 0.222 e. The molecule has 1 saturated heterocycles. The van der Waals surface area contributed by atoms with E-state index >= 15 is 0 Å². The third-order valence-electron chi connectivity index (χ3n) is 4.30. The number of anilines is 1. The zero-order valence-electron chi connectivity index (χ0n) is 12.8. The van der Waals surface area contributed by atoms with E-state index in [0.29, 0.717) is 5.95 Å². The SMILES string of the molecule is COc1ccc(C2(CNc3ncccn3)CCOCC2)cc1. The highest BCUT2D eigenvalue weighted by Gasteiger charge is 2.34. The summed E-state index contributed by atoms with van der Waals surface area (Å²) in [5.74, 6) is 1.55. The molecule has 5 heteroatoms. The van der Waals surface area contributed by atoms with Crippen LogP contribution in [0.1, 0.15) is 18.4 Å². The van der Waals surface area contributed by atoms with Gasteiger partial charge in [0.15, 0.2) is 0 Å². The molecule has 116 valence electrons. The molecule has 0 saturated carbocycles. The van der Waals surface area contributed by atoms with E-state index in [0.717, 1.165) is 38.3 Å². The van der Waals surface area contributed by atoms with Gasteiger partial charge in [0.05, 0.1) is 7.11 Å². The Morgan fingerprint density at radius 2 is 1.82 bits per heavy atom. The molecule has 1 aliphatic heterocycles. The van der Waals surface area contributed by atoms with Gasteiger partial charge < -0.3 is 14.8 Å². The Labute approximate surface area is 130 Å². The normalized spacial score (nSPS) is 17.0. The van der Waals surface area contributed by atoms with Crippen LogP contribution in [0.3, 0.4) is 0 Å². The minimum Gasteiger partial charge on any atom is -0.497 e. The molecule has 1 aliphatic rings. The number of hydrogen-bond acceptors (Lipinski definition) is 5. The van der Waals surface area contributed by atoms with Crippen molar-refractivity contribution in [3.63, 3.8) is 0 Å². The van der Waals surface area contributed by atoms with Gasteiger partial charge >= 0.3 is 0 Å². The molecule has 0 unspecified atom stereocenters. The third-order valence-corrected chi connectivity index (χ3v) is 4.30. The molecule has 1 N–H and O–H groups in total. The van der Waals surface area contributed by atoms with E-state index in [9.17, 15) is 0 Å². The van der Waals surface area contributed by atoms with Crippen LogP contribution in [0, 0.1) is 0 Å². The summed E-state index contributed by atoms with van der Waals surface area (Å²) >= 11 is 0. The van der Waals surface area contributed by atoms with Crippen molar-refractivity contribution in [2.24, 2.45) is 0 Å². The Bertz CT molecular complexity index is 581. The van der Waals surface area contributed by atoms with Crippen molar-refractivity contribution in [2.75, 3.05) is 32.2 Å². The van der Waals surface area contributed by atoms with E-state index in [-0.39, 0.29) is 5.41 Å². The second kappa shape index (κ2) is 6.75. The van der Waals surface area contributed by atoms with Crippen molar-refractivity contribution in [2.45, 2.75) is 18.3 Å². The summed E-state index contributed by atoms with van der Waals surface area (Å²) in [5, 5.41) is 3.37. The fourth-order valence-electron chi connectivity index (χ4n) is 2.91. The molecule has 5 nitrogen and oxygen atoms in total. The largest absolute Gasteiger partial charge is 0.497 e. The first-order valence-electron chi connectivity index (χ1n) is 7.56. The number of ether oxygens (including phenoxy) is 2. The van der Waals surface area contributed by atoms with E-state index in [4.69, 9.17) is 9.47 Å². The van der Waals surface area contributed by atoms with E-state index in [2.05, 4.69) is 27.4 Å². The molecule has 1 aromatic carbocycles. The van der Waals surface area contributed by atoms with Gasteiger partial charge in [-0.1, -0.05) is 12.1 Å². The molecule has 0 radical (unpaired) electrons. The van der Waals surface area contributed by atoms with Crippen molar-refractivity contribution in [3.05, 3.63) is 48.3 Å². The molecule has 0 spiro atoms. The van der Waals surface area contributed by atoms with E-state index < -0.39 is 0 Å². The van der Waals surface area contributed by atoms with Gasteiger partial charge in [0, 0.05) is 37.6 Å². The molecular weight excluding hydrogens is 278 g/mol. The lowest BCUT2D eigenvalue weighted by molar-refractivity contribution is 0.0543. The summed E-state index contributed by atoms with van der Waals surface area (Å²) in [4.78, 5) is 8.48. The average molecular weight is 299 g/mol. The lowest BCUT2D eigenvalue weighted by Crippen LogP contribution is -2.40. The smallest absolute Gasteiger partial charge is 0.222 e. The zero-order valence-corrected chi connectivity index (χ0v) is 12.8. The Hall–Kier alpha value is -2.14. The molecule has 0 aliphatic carbocycles. The maximum atomic E-state index is 5.56. The average Bonchev–Trinajstić information content (AvgIpc) is 2.62. The second-order valence-corrected chi connectivity index (χ2v) is 5.55. The van der Waals surface area contributed by atoms with Crippen LogP contribution in [-0.2, 0) is 10.2 Å². The lowest BCUT2D eigenvalue weighted by atomic mass is 9.74. The number of methoxy groups -OCH3 is 1. The summed E-state index contributed by atoms with van der Waals surface area (Å²) in [5.41, 5.74) is 1.35. The van der Waals surface area contributed by atoms with Crippen molar-refractivity contribution in [1.82, 2.24) is 9.97 Å². The maximum absolute atomic E-state index is 5.56. The minimum absolute atomic E-state index is 0.0454. The van der Waals surface area contributed by atoms with Crippen LogP contribution in [0.2, 0.25) is 0 Å². The number of hydrogen-bond donors (Lipinski definition) is 1. The van der Waals surface area contributed by atoms with E-state index in [1.807, 2.05) is 18.2 Å². The quantitative estimate of drug-likeness (QED) is 0.920. The number of benzene rings is 1. The monoisotopic (exact) mass is 299 g/mol. The molecule has 1 aromatic heterocycles. The predicted molar refractivity (Wildman–Crippen MR) is 85.2 cm³/mol. The van der Waals surface area contributed by atoms with Crippen LogP contribution in [0.25, 0.3) is 0 Å². The number of rotatable bonds is 5. The highest BCUT2D eigenvalue weighted by molar-refractivity contribution is 5.35. The number of aromatic nitrogens is 2. The standard InChI is InChI=1S/C17H21N3O2/c1-21-15-5-3-14(4-6-15)17(7-11-22-12-8-17)13-20-16-18-9-2-10-19-16/h2-6,9-10H,7-8,11-13H2,1H3,(H,18,19,20). The Morgan fingerprint density at radius 1 is 1.14 bits per heavy atom. The van der Waals surface area contributed by atoms with Gasteiger partial charge in [0.2, 0.25) is 5.95 Å². The summed E-state index contributed by atoms with van der Waals surface area (Å²) in [6.45, 7) is 2.36. The van der Waals surface area contributed by atoms with Gasteiger partial charge in [-0.25, -0.2) is 9.97 Å². The Balaban J connectivity index is 1.80. The van der Waals surface area contributed by atoms with Gasteiger partial charge in [-0.05, 0) is 36.6 Å².